The number of ether oxygens (including phenoxy) is 1. The average molecular weight is 408 g/mol. The zero-order valence-electron chi connectivity index (χ0n) is 16.5. The van der Waals surface area contributed by atoms with E-state index in [0.29, 0.717) is 17.6 Å². The van der Waals surface area contributed by atoms with Crippen molar-refractivity contribution < 1.29 is 9.13 Å². The fraction of sp³-hybridized carbons (Fsp3) is 0.217. The Morgan fingerprint density at radius 2 is 1.86 bits per heavy atom. The first-order valence-corrected chi connectivity index (χ1v) is 10.1. The number of fused-ring (bicyclic) bond motifs is 1. The van der Waals surface area contributed by atoms with Gasteiger partial charge >= 0.3 is 0 Å². The number of benzene rings is 2. The number of aryl methyl sites for hydroxylation is 2. The molecule has 29 heavy (non-hydrogen) atoms. The minimum Gasteiger partial charge on any atom is -0.497 e. The predicted octanol–water partition coefficient (Wildman–Crippen LogP) is 4.86. The molecule has 0 saturated carbocycles. The lowest BCUT2D eigenvalue weighted by Gasteiger charge is -2.13. The third kappa shape index (κ3) is 3.80. The van der Waals surface area contributed by atoms with Crippen LogP contribution in [0.25, 0.3) is 10.2 Å². The fourth-order valence-corrected chi connectivity index (χ4v) is 4.45. The van der Waals surface area contributed by atoms with Gasteiger partial charge < -0.3 is 4.74 Å². The topological polar surface area (TPSA) is 44.1 Å². The van der Waals surface area contributed by atoms with Gasteiger partial charge in [-0.25, -0.2) is 9.37 Å². The number of nitrogens with zero attached hydrogens (tertiary/aromatic N) is 2. The van der Waals surface area contributed by atoms with Crippen LogP contribution in [0.15, 0.2) is 53.3 Å². The Bertz CT molecular complexity index is 1240. The van der Waals surface area contributed by atoms with Crippen LogP contribution < -0.4 is 10.3 Å². The molecular weight excluding hydrogens is 387 g/mol. The van der Waals surface area contributed by atoms with Crippen molar-refractivity contribution in [2.75, 3.05) is 7.11 Å². The van der Waals surface area contributed by atoms with Gasteiger partial charge in [-0.2, -0.15) is 0 Å². The van der Waals surface area contributed by atoms with E-state index in [9.17, 15) is 9.18 Å². The zero-order chi connectivity index (χ0) is 20.5. The van der Waals surface area contributed by atoms with Crippen LogP contribution >= 0.6 is 11.3 Å². The van der Waals surface area contributed by atoms with Crippen LogP contribution in [0, 0.1) is 19.7 Å². The number of aromatic nitrogens is 2. The van der Waals surface area contributed by atoms with E-state index >= 15 is 0 Å². The lowest BCUT2D eigenvalue weighted by molar-refractivity contribution is 0.414. The second kappa shape index (κ2) is 7.79. The summed E-state index contributed by atoms with van der Waals surface area (Å²) >= 11 is 1.54. The number of hydrogen-bond donors (Lipinski definition) is 0. The first kappa shape index (κ1) is 19.3. The summed E-state index contributed by atoms with van der Waals surface area (Å²) in [6, 6.07) is 14.1. The summed E-state index contributed by atoms with van der Waals surface area (Å²) in [5.74, 6) is 1.13. The minimum atomic E-state index is -0.316. The van der Waals surface area contributed by atoms with Gasteiger partial charge in [0.1, 0.15) is 22.2 Å². The summed E-state index contributed by atoms with van der Waals surface area (Å²) < 4.78 is 20.6. The molecule has 0 aliphatic carbocycles. The normalized spacial score (nSPS) is 11.2. The number of thiophene rings is 1. The quantitative estimate of drug-likeness (QED) is 0.474. The van der Waals surface area contributed by atoms with Gasteiger partial charge in [-0.3, -0.25) is 9.36 Å². The van der Waals surface area contributed by atoms with Gasteiger partial charge in [-0.15, -0.1) is 11.3 Å². The predicted molar refractivity (Wildman–Crippen MR) is 115 cm³/mol. The van der Waals surface area contributed by atoms with E-state index in [0.717, 1.165) is 32.1 Å². The Morgan fingerprint density at radius 1 is 1.10 bits per heavy atom. The molecule has 0 saturated heterocycles. The van der Waals surface area contributed by atoms with Crippen molar-refractivity contribution in [1.82, 2.24) is 9.55 Å². The molecule has 0 bridgehead atoms. The number of methoxy groups -OCH3 is 1. The number of hydrogen-bond acceptors (Lipinski definition) is 4. The lowest BCUT2D eigenvalue weighted by atomic mass is 10.1. The Balaban J connectivity index is 1.85. The van der Waals surface area contributed by atoms with Crippen LogP contribution in [0.1, 0.15) is 27.4 Å². The van der Waals surface area contributed by atoms with E-state index in [1.54, 1.807) is 17.7 Å². The van der Waals surface area contributed by atoms with Crippen molar-refractivity contribution in [2.24, 2.45) is 0 Å². The fourth-order valence-electron chi connectivity index (χ4n) is 3.41. The summed E-state index contributed by atoms with van der Waals surface area (Å²) in [4.78, 5) is 20.1. The van der Waals surface area contributed by atoms with E-state index in [-0.39, 0.29) is 17.9 Å². The molecular formula is C23H21FN2O2S. The minimum absolute atomic E-state index is 0.0791. The Kier molecular flexibility index (Phi) is 5.20. The second-order valence-corrected chi connectivity index (χ2v) is 8.24. The van der Waals surface area contributed by atoms with Crippen LogP contribution in [-0.4, -0.2) is 16.7 Å². The van der Waals surface area contributed by atoms with Crippen LogP contribution in [0.3, 0.4) is 0 Å². The third-order valence-electron chi connectivity index (χ3n) is 5.12. The molecule has 0 N–H and O–H groups in total. The standard InChI is InChI=1S/C23H21FN2O2S/c1-14-15(2)29-22-21(14)23(27)26(13-17-5-4-6-18(24)11-17)20(25-22)12-16-7-9-19(28-3)10-8-16/h4-11H,12-13H2,1-3H3. The van der Waals surface area contributed by atoms with Gasteiger partial charge in [0.25, 0.3) is 5.56 Å². The average Bonchev–Trinajstić information content (AvgIpc) is 2.99. The molecule has 6 heteroatoms. The molecule has 0 fully saturated rings. The first-order valence-electron chi connectivity index (χ1n) is 9.33. The Morgan fingerprint density at radius 3 is 2.55 bits per heavy atom. The van der Waals surface area contributed by atoms with Crippen LogP contribution in [0.5, 0.6) is 5.75 Å². The highest BCUT2D eigenvalue weighted by Crippen LogP contribution is 2.27. The maximum Gasteiger partial charge on any atom is 0.262 e. The summed E-state index contributed by atoms with van der Waals surface area (Å²) in [7, 11) is 1.63. The highest BCUT2D eigenvalue weighted by molar-refractivity contribution is 7.18. The van der Waals surface area contributed by atoms with E-state index in [4.69, 9.17) is 9.72 Å². The maximum absolute atomic E-state index is 13.7. The molecule has 4 nitrogen and oxygen atoms in total. The summed E-state index contributed by atoms with van der Waals surface area (Å²) in [6.45, 7) is 4.23. The molecule has 0 aliphatic heterocycles. The largest absolute Gasteiger partial charge is 0.497 e. The van der Waals surface area contributed by atoms with Gasteiger partial charge in [-0.05, 0) is 54.8 Å². The van der Waals surface area contributed by atoms with Crippen LogP contribution in [-0.2, 0) is 13.0 Å². The van der Waals surface area contributed by atoms with Crippen LogP contribution in [0.4, 0.5) is 4.39 Å². The third-order valence-corrected chi connectivity index (χ3v) is 6.22. The molecule has 0 radical (unpaired) electrons. The van der Waals surface area contributed by atoms with Crippen molar-refractivity contribution in [1.29, 1.82) is 0 Å². The summed E-state index contributed by atoms with van der Waals surface area (Å²) in [6.07, 6.45) is 0.500. The monoisotopic (exact) mass is 408 g/mol. The van der Waals surface area contributed by atoms with Crippen molar-refractivity contribution in [3.63, 3.8) is 0 Å². The van der Waals surface area contributed by atoms with E-state index in [1.807, 2.05) is 44.2 Å². The molecule has 4 aromatic rings. The first-order chi connectivity index (χ1) is 14.0. The molecule has 2 aromatic carbocycles. The van der Waals surface area contributed by atoms with Crippen LogP contribution in [0.2, 0.25) is 0 Å². The highest BCUT2D eigenvalue weighted by atomic mass is 32.1. The smallest absolute Gasteiger partial charge is 0.262 e. The van der Waals surface area contributed by atoms with E-state index < -0.39 is 0 Å². The molecule has 2 heterocycles. The molecule has 0 amide bonds. The molecule has 0 unspecified atom stereocenters. The Hall–Kier alpha value is -2.99. The second-order valence-electron chi connectivity index (χ2n) is 7.04. The lowest BCUT2D eigenvalue weighted by Crippen LogP contribution is -2.26. The van der Waals surface area contributed by atoms with Gasteiger partial charge in [-0.1, -0.05) is 24.3 Å². The molecule has 0 aliphatic rings. The highest BCUT2D eigenvalue weighted by Gasteiger charge is 2.17. The number of rotatable bonds is 5. The summed E-state index contributed by atoms with van der Waals surface area (Å²) in [5.41, 5.74) is 2.64. The Labute approximate surface area is 172 Å². The zero-order valence-corrected chi connectivity index (χ0v) is 17.3. The van der Waals surface area contributed by atoms with Crippen molar-refractivity contribution in [3.8, 4) is 5.75 Å². The van der Waals surface area contributed by atoms with Crippen molar-refractivity contribution >= 4 is 21.6 Å². The molecule has 0 spiro atoms. The van der Waals surface area contributed by atoms with E-state index in [2.05, 4.69) is 0 Å². The van der Waals surface area contributed by atoms with Crippen molar-refractivity contribution in [3.05, 3.63) is 92.1 Å². The molecule has 0 atom stereocenters. The molecule has 4 rings (SSSR count). The SMILES string of the molecule is COc1ccc(Cc2nc3sc(C)c(C)c3c(=O)n2Cc2cccc(F)c2)cc1. The van der Waals surface area contributed by atoms with Crippen molar-refractivity contribution in [2.45, 2.75) is 26.8 Å². The number of halogens is 1. The van der Waals surface area contributed by atoms with Gasteiger partial charge in [0.05, 0.1) is 19.0 Å². The molecule has 2 aromatic heterocycles. The maximum atomic E-state index is 13.7. The van der Waals surface area contributed by atoms with Gasteiger partial charge in [0.15, 0.2) is 0 Å². The van der Waals surface area contributed by atoms with Gasteiger partial charge in [0.2, 0.25) is 0 Å². The molecule has 148 valence electrons. The summed E-state index contributed by atoms with van der Waals surface area (Å²) in [5, 5.41) is 0.655. The van der Waals surface area contributed by atoms with Gasteiger partial charge in [0, 0.05) is 11.3 Å². The van der Waals surface area contributed by atoms with E-state index in [1.165, 1.54) is 23.5 Å².